The number of aliphatic hydroxyl groups is 1. The van der Waals surface area contributed by atoms with Crippen LogP contribution in [-0.4, -0.2) is 38.1 Å². The fourth-order valence-corrected chi connectivity index (χ4v) is 2.81. The molecule has 0 fully saturated rings. The molecule has 0 saturated carbocycles. The molecule has 0 bridgehead atoms. The SMILES string of the molecule is CCCCCCCCCCCCCCCCOC[C@H](CO)OC. The van der Waals surface area contributed by atoms with Gasteiger partial charge in [-0.3, -0.25) is 0 Å². The lowest BCUT2D eigenvalue weighted by atomic mass is 10.0. The Kier molecular flexibility index (Phi) is 19.8. The van der Waals surface area contributed by atoms with E-state index in [1.165, 1.54) is 83.5 Å². The molecule has 0 aliphatic heterocycles. The van der Waals surface area contributed by atoms with Gasteiger partial charge in [0.05, 0.1) is 13.2 Å². The second-order valence-electron chi connectivity index (χ2n) is 6.71. The summed E-state index contributed by atoms with van der Waals surface area (Å²) in [7, 11) is 1.61. The number of hydrogen-bond acceptors (Lipinski definition) is 3. The highest BCUT2D eigenvalue weighted by atomic mass is 16.5. The highest BCUT2D eigenvalue weighted by molar-refractivity contribution is 4.52. The average Bonchev–Trinajstić information content (AvgIpc) is 2.58. The van der Waals surface area contributed by atoms with Gasteiger partial charge in [0.2, 0.25) is 0 Å². The number of ether oxygens (including phenoxy) is 2. The van der Waals surface area contributed by atoms with Crippen LogP contribution in [0.1, 0.15) is 96.8 Å². The highest BCUT2D eigenvalue weighted by Gasteiger charge is 2.04. The van der Waals surface area contributed by atoms with Crippen LogP contribution < -0.4 is 0 Å². The van der Waals surface area contributed by atoms with Gasteiger partial charge in [-0.05, 0) is 6.42 Å². The lowest BCUT2D eigenvalue weighted by Gasteiger charge is -2.12. The van der Waals surface area contributed by atoms with Crippen LogP contribution in [0.15, 0.2) is 0 Å². The van der Waals surface area contributed by atoms with Gasteiger partial charge in [0.15, 0.2) is 0 Å². The maximum atomic E-state index is 8.95. The van der Waals surface area contributed by atoms with E-state index < -0.39 is 0 Å². The number of methoxy groups -OCH3 is 1. The minimum atomic E-state index is -0.165. The van der Waals surface area contributed by atoms with Crippen molar-refractivity contribution in [1.29, 1.82) is 0 Å². The third-order valence-corrected chi connectivity index (χ3v) is 4.48. The van der Waals surface area contributed by atoms with Crippen LogP contribution in [0.25, 0.3) is 0 Å². The lowest BCUT2D eigenvalue weighted by Crippen LogP contribution is -2.22. The van der Waals surface area contributed by atoms with Gasteiger partial charge in [-0.15, -0.1) is 0 Å². The molecule has 0 aromatic heterocycles. The fourth-order valence-electron chi connectivity index (χ4n) is 2.81. The van der Waals surface area contributed by atoms with Crippen molar-refractivity contribution in [3.05, 3.63) is 0 Å². The van der Waals surface area contributed by atoms with Crippen molar-refractivity contribution in [3.63, 3.8) is 0 Å². The monoisotopic (exact) mass is 330 g/mol. The Balaban J connectivity index is 3.02. The molecular formula is C20H42O3. The molecule has 1 atom stereocenters. The van der Waals surface area contributed by atoms with Crippen molar-refractivity contribution in [1.82, 2.24) is 0 Å². The zero-order valence-corrected chi connectivity index (χ0v) is 15.9. The van der Waals surface area contributed by atoms with Crippen LogP contribution in [0, 0.1) is 0 Å². The standard InChI is InChI=1S/C20H42O3/c1-3-4-5-6-7-8-9-10-11-12-13-14-15-16-17-23-19-20(18-21)22-2/h20-21H,3-19H2,1-2H3/t20-/m0/s1. The van der Waals surface area contributed by atoms with Gasteiger partial charge >= 0.3 is 0 Å². The highest BCUT2D eigenvalue weighted by Crippen LogP contribution is 2.12. The molecule has 3 nitrogen and oxygen atoms in total. The van der Waals surface area contributed by atoms with E-state index >= 15 is 0 Å². The van der Waals surface area contributed by atoms with E-state index in [9.17, 15) is 0 Å². The second kappa shape index (κ2) is 19.9. The summed E-state index contributed by atoms with van der Waals surface area (Å²) in [6.07, 6.45) is 19.1. The maximum Gasteiger partial charge on any atom is 0.103 e. The molecule has 23 heavy (non-hydrogen) atoms. The number of hydrogen-bond donors (Lipinski definition) is 1. The predicted molar refractivity (Wildman–Crippen MR) is 99.0 cm³/mol. The summed E-state index contributed by atoms with van der Waals surface area (Å²) < 4.78 is 10.5. The average molecular weight is 331 g/mol. The maximum absolute atomic E-state index is 8.95. The van der Waals surface area contributed by atoms with Gasteiger partial charge in [0.1, 0.15) is 6.10 Å². The Hall–Kier alpha value is -0.120. The van der Waals surface area contributed by atoms with Crippen molar-refractivity contribution in [3.8, 4) is 0 Å². The normalized spacial score (nSPS) is 12.7. The van der Waals surface area contributed by atoms with E-state index in [0.717, 1.165) is 13.0 Å². The Morgan fingerprint density at radius 2 is 1.13 bits per heavy atom. The molecule has 0 saturated heterocycles. The number of rotatable bonds is 19. The van der Waals surface area contributed by atoms with Gasteiger partial charge in [-0.2, -0.15) is 0 Å². The summed E-state index contributed by atoms with van der Waals surface area (Å²) in [4.78, 5) is 0. The number of aliphatic hydroxyl groups excluding tert-OH is 1. The van der Waals surface area contributed by atoms with Gasteiger partial charge in [-0.1, -0.05) is 90.4 Å². The molecule has 0 amide bonds. The van der Waals surface area contributed by atoms with Crippen molar-refractivity contribution < 1.29 is 14.6 Å². The molecule has 3 heteroatoms. The molecule has 0 radical (unpaired) electrons. The van der Waals surface area contributed by atoms with Crippen molar-refractivity contribution in [2.75, 3.05) is 26.9 Å². The van der Waals surface area contributed by atoms with Crippen LogP contribution in [0.5, 0.6) is 0 Å². The predicted octanol–water partition coefficient (Wildman–Crippen LogP) is 5.49. The molecule has 0 unspecified atom stereocenters. The van der Waals surface area contributed by atoms with Crippen LogP contribution in [0.3, 0.4) is 0 Å². The van der Waals surface area contributed by atoms with E-state index in [0.29, 0.717) is 6.61 Å². The molecule has 0 aliphatic rings. The first kappa shape index (κ1) is 22.9. The van der Waals surface area contributed by atoms with Crippen LogP contribution in [0.4, 0.5) is 0 Å². The third kappa shape index (κ3) is 18.1. The van der Waals surface area contributed by atoms with Crippen molar-refractivity contribution in [2.24, 2.45) is 0 Å². The first-order valence-corrected chi connectivity index (χ1v) is 10.1. The largest absolute Gasteiger partial charge is 0.394 e. The fraction of sp³-hybridized carbons (Fsp3) is 1.00. The Morgan fingerprint density at radius 3 is 1.52 bits per heavy atom. The summed E-state index contributed by atoms with van der Waals surface area (Å²) in [5.41, 5.74) is 0. The zero-order valence-electron chi connectivity index (χ0n) is 15.9. The van der Waals surface area contributed by atoms with Crippen LogP contribution >= 0.6 is 0 Å². The summed E-state index contributed by atoms with van der Waals surface area (Å²) >= 11 is 0. The summed E-state index contributed by atoms with van der Waals surface area (Å²) in [6.45, 7) is 3.61. The molecule has 0 rings (SSSR count). The van der Waals surface area contributed by atoms with Gasteiger partial charge in [0.25, 0.3) is 0 Å². The minimum Gasteiger partial charge on any atom is -0.394 e. The van der Waals surface area contributed by atoms with Crippen molar-refractivity contribution in [2.45, 2.75) is 103 Å². The van der Waals surface area contributed by atoms with E-state index in [4.69, 9.17) is 14.6 Å². The smallest absolute Gasteiger partial charge is 0.103 e. The first-order chi connectivity index (χ1) is 11.3. The topological polar surface area (TPSA) is 38.7 Å². The molecule has 0 aliphatic carbocycles. The first-order valence-electron chi connectivity index (χ1n) is 10.1. The van der Waals surface area contributed by atoms with E-state index in [2.05, 4.69) is 6.92 Å². The van der Waals surface area contributed by atoms with E-state index in [-0.39, 0.29) is 12.7 Å². The molecule has 0 aromatic carbocycles. The van der Waals surface area contributed by atoms with Crippen LogP contribution in [0.2, 0.25) is 0 Å². The molecule has 0 aromatic rings. The summed E-state index contributed by atoms with van der Waals surface area (Å²) in [5, 5.41) is 8.95. The summed E-state index contributed by atoms with van der Waals surface area (Å²) in [6, 6.07) is 0. The molecular weight excluding hydrogens is 288 g/mol. The van der Waals surface area contributed by atoms with Gasteiger partial charge in [0, 0.05) is 13.7 Å². The molecule has 0 heterocycles. The molecule has 140 valence electrons. The Labute approximate surface area is 145 Å². The second-order valence-corrected chi connectivity index (χ2v) is 6.71. The van der Waals surface area contributed by atoms with Crippen molar-refractivity contribution >= 4 is 0 Å². The van der Waals surface area contributed by atoms with Gasteiger partial charge in [-0.25, -0.2) is 0 Å². The van der Waals surface area contributed by atoms with Gasteiger partial charge < -0.3 is 14.6 Å². The quantitative estimate of drug-likeness (QED) is 0.318. The molecule has 0 spiro atoms. The summed E-state index contributed by atoms with van der Waals surface area (Å²) in [5.74, 6) is 0. The molecule has 1 N–H and O–H groups in total. The Bertz CT molecular complexity index is 205. The zero-order chi connectivity index (χ0) is 17.0. The number of unbranched alkanes of at least 4 members (excludes halogenated alkanes) is 13. The van der Waals surface area contributed by atoms with E-state index in [1.807, 2.05) is 0 Å². The lowest BCUT2D eigenvalue weighted by molar-refractivity contribution is -0.0205. The van der Waals surface area contributed by atoms with E-state index in [1.54, 1.807) is 7.11 Å². The minimum absolute atomic E-state index is 0.0369. The van der Waals surface area contributed by atoms with Crippen LogP contribution in [-0.2, 0) is 9.47 Å². The third-order valence-electron chi connectivity index (χ3n) is 4.48. The Morgan fingerprint density at radius 1 is 0.696 bits per heavy atom.